The molecule has 1 amide bonds. The number of amides is 1. The summed E-state index contributed by atoms with van der Waals surface area (Å²) in [6.07, 6.45) is 0. The summed E-state index contributed by atoms with van der Waals surface area (Å²) in [6, 6.07) is 13.7. The van der Waals surface area contributed by atoms with Crippen LogP contribution in [-0.4, -0.2) is 13.0 Å². The van der Waals surface area contributed by atoms with Gasteiger partial charge in [0.2, 0.25) is 0 Å². The first kappa shape index (κ1) is 14.1. The van der Waals surface area contributed by atoms with Crippen molar-refractivity contribution in [2.24, 2.45) is 0 Å². The Morgan fingerprint density at radius 3 is 2.65 bits per heavy atom. The molecule has 0 aromatic heterocycles. The fraction of sp³-hybridized carbons (Fsp3) is 0.235. The molecule has 2 rings (SSSR count). The second-order valence-corrected chi connectivity index (χ2v) is 4.94. The van der Waals surface area contributed by atoms with Crippen molar-refractivity contribution in [3.63, 3.8) is 0 Å². The Morgan fingerprint density at radius 1 is 1.10 bits per heavy atom. The number of anilines is 1. The molecule has 0 spiro atoms. The number of carbonyl (C=O) groups excluding carboxylic acids is 1. The van der Waals surface area contributed by atoms with Gasteiger partial charge in [0.05, 0.1) is 0 Å². The Hall–Kier alpha value is -2.29. The molecule has 0 heterocycles. The van der Waals surface area contributed by atoms with Crippen LogP contribution in [0.5, 0.6) is 0 Å². The van der Waals surface area contributed by atoms with E-state index in [9.17, 15) is 4.79 Å². The molecule has 0 fully saturated rings. The van der Waals surface area contributed by atoms with Gasteiger partial charge in [0, 0.05) is 24.8 Å². The van der Waals surface area contributed by atoms with Crippen molar-refractivity contribution in [1.29, 1.82) is 0 Å². The Labute approximate surface area is 120 Å². The minimum atomic E-state index is -0.0528. The number of aryl methyl sites for hydroxylation is 2. The summed E-state index contributed by atoms with van der Waals surface area (Å²) in [5, 5.41) is 6.00. The number of carbonyl (C=O) groups is 1. The van der Waals surface area contributed by atoms with Crippen molar-refractivity contribution in [3.8, 4) is 0 Å². The van der Waals surface area contributed by atoms with Crippen molar-refractivity contribution in [2.45, 2.75) is 20.4 Å². The van der Waals surface area contributed by atoms with E-state index in [1.165, 1.54) is 11.1 Å². The highest BCUT2D eigenvalue weighted by atomic mass is 16.1. The van der Waals surface area contributed by atoms with E-state index in [1.807, 2.05) is 31.3 Å². The predicted molar refractivity (Wildman–Crippen MR) is 83.1 cm³/mol. The van der Waals surface area contributed by atoms with Crippen molar-refractivity contribution in [2.75, 3.05) is 12.4 Å². The van der Waals surface area contributed by atoms with Gasteiger partial charge in [0.25, 0.3) is 5.91 Å². The van der Waals surface area contributed by atoms with Crippen molar-refractivity contribution in [3.05, 3.63) is 64.7 Å². The number of hydrogen-bond donors (Lipinski definition) is 2. The third-order valence-corrected chi connectivity index (χ3v) is 3.36. The highest BCUT2D eigenvalue weighted by Gasteiger charge is 2.06. The number of nitrogens with one attached hydrogen (secondary N) is 2. The van der Waals surface area contributed by atoms with E-state index in [0.29, 0.717) is 12.1 Å². The molecular weight excluding hydrogens is 248 g/mol. The van der Waals surface area contributed by atoms with E-state index in [-0.39, 0.29) is 5.91 Å². The summed E-state index contributed by atoms with van der Waals surface area (Å²) in [5.41, 5.74) is 5.16. The largest absolute Gasteiger partial charge is 0.388 e. The molecule has 0 radical (unpaired) electrons. The molecular formula is C17H20N2O. The first-order valence-corrected chi connectivity index (χ1v) is 6.72. The van der Waals surface area contributed by atoms with Crippen LogP contribution in [0, 0.1) is 13.8 Å². The van der Waals surface area contributed by atoms with Gasteiger partial charge < -0.3 is 10.6 Å². The maximum Gasteiger partial charge on any atom is 0.251 e. The molecule has 0 aliphatic carbocycles. The Kier molecular flexibility index (Phi) is 4.41. The fourth-order valence-electron chi connectivity index (χ4n) is 2.08. The fourth-order valence-corrected chi connectivity index (χ4v) is 2.08. The van der Waals surface area contributed by atoms with Gasteiger partial charge in [-0.15, -0.1) is 0 Å². The zero-order valence-corrected chi connectivity index (χ0v) is 12.2. The molecule has 3 heteroatoms. The van der Waals surface area contributed by atoms with Crippen LogP contribution in [0.2, 0.25) is 0 Å². The molecule has 0 saturated carbocycles. The lowest BCUT2D eigenvalue weighted by atomic mass is 10.1. The van der Waals surface area contributed by atoms with Gasteiger partial charge in [0.1, 0.15) is 0 Å². The Bertz CT molecular complexity index is 620. The van der Waals surface area contributed by atoms with Crippen LogP contribution >= 0.6 is 0 Å². The molecule has 2 aromatic carbocycles. The highest BCUT2D eigenvalue weighted by Crippen LogP contribution is 2.12. The van der Waals surface area contributed by atoms with Gasteiger partial charge in [-0.1, -0.05) is 29.8 Å². The van der Waals surface area contributed by atoms with Crippen LogP contribution in [0.4, 0.5) is 5.69 Å². The molecule has 0 saturated heterocycles. The van der Waals surface area contributed by atoms with Gasteiger partial charge in [-0.3, -0.25) is 4.79 Å². The minimum absolute atomic E-state index is 0.0528. The normalized spacial score (nSPS) is 10.2. The maximum absolute atomic E-state index is 12.1. The summed E-state index contributed by atoms with van der Waals surface area (Å²) in [7, 11) is 1.84. The summed E-state index contributed by atoms with van der Waals surface area (Å²) >= 11 is 0. The monoisotopic (exact) mass is 268 g/mol. The van der Waals surface area contributed by atoms with E-state index >= 15 is 0 Å². The second kappa shape index (κ2) is 6.24. The smallest absolute Gasteiger partial charge is 0.251 e. The lowest BCUT2D eigenvalue weighted by molar-refractivity contribution is 0.0951. The molecule has 0 aliphatic rings. The summed E-state index contributed by atoms with van der Waals surface area (Å²) in [5.74, 6) is -0.0528. The molecule has 2 aromatic rings. The van der Waals surface area contributed by atoms with Gasteiger partial charge in [-0.25, -0.2) is 0 Å². The molecule has 0 atom stereocenters. The lowest BCUT2D eigenvalue weighted by Gasteiger charge is -2.10. The van der Waals surface area contributed by atoms with E-state index in [4.69, 9.17) is 0 Å². The van der Waals surface area contributed by atoms with Crippen molar-refractivity contribution >= 4 is 11.6 Å². The summed E-state index contributed by atoms with van der Waals surface area (Å²) < 4.78 is 0. The second-order valence-electron chi connectivity index (χ2n) is 4.94. The Balaban J connectivity index is 2.06. The van der Waals surface area contributed by atoms with Gasteiger partial charge in [-0.2, -0.15) is 0 Å². The van der Waals surface area contributed by atoms with Gasteiger partial charge in [0.15, 0.2) is 0 Å². The van der Waals surface area contributed by atoms with E-state index in [1.54, 1.807) is 0 Å². The standard InChI is InChI=1S/C17H20N2O/c1-12-7-8-13(2)15(9-12)11-19-17(20)14-5-4-6-16(10-14)18-3/h4-10,18H,11H2,1-3H3,(H,19,20). The van der Waals surface area contributed by atoms with Crippen LogP contribution < -0.4 is 10.6 Å². The van der Waals surface area contributed by atoms with E-state index < -0.39 is 0 Å². The molecule has 3 nitrogen and oxygen atoms in total. The summed E-state index contributed by atoms with van der Waals surface area (Å²) in [6.45, 7) is 4.67. The van der Waals surface area contributed by atoms with Gasteiger partial charge >= 0.3 is 0 Å². The quantitative estimate of drug-likeness (QED) is 0.893. The zero-order valence-electron chi connectivity index (χ0n) is 12.2. The van der Waals surface area contributed by atoms with Gasteiger partial charge in [-0.05, 0) is 43.2 Å². The van der Waals surface area contributed by atoms with Crippen molar-refractivity contribution in [1.82, 2.24) is 5.32 Å². The maximum atomic E-state index is 12.1. The van der Waals surface area contributed by atoms with Crippen LogP contribution in [0.1, 0.15) is 27.0 Å². The highest BCUT2D eigenvalue weighted by molar-refractivity contribution is 5.95. The molecule has 0 bridgehead atoms. The summed E-state index contributed by atoms with van der Waals surface area (Å²) in [4.78, 5) is 12.1. The average Bonchev–Trinajstić information content (AvgIpc) is 2.48. The van der Waals surface area contributed by atoms with E-state index in [0.717, 1.165) is 11.3 Å². The lowest BCUT2D eigenvalue weighted by Crippen LogP contribution is -2.23. The number of hydrogen-bond acceptors (Lipinski definition) is 2. The van der Waals surface area contributed by atoms with Crippen LogP contribution in [0.3, 0.4) is 0 Å². The SMILES string of the molecule is CNc1cccc(C(=O)NCc2cc(C)ccc2C)c1. The van der Waals surface area contributed by atoms with Crippen LogP contribution in [0.25, 0.3) is 0 Å². The first-order chi connectivity index (χ1) is 9.60. The van der Waals surface area contributed by atoms with Crippen molar-refractivity contribution < 1.29 is 4.79 Å². The average molecular weight is 268 g/mol. The molecule has 0 aliphatic heterocycles. The zero-order chi connectivity index (χ0) is 14.5. The Morgan fingerprint density at radius 2 is 1.90 bits per heavy atom. The molecule has 104 valence electrons. The third kappa shape index (κ3) is 3.38. The topological polar surface area (TPSA) is 41.1 Å². The van der Waals surface area contributed by atoms with Crippen LogP contribution in [0.15, 0.2) is 42.5 Å². The van der Waals surface area contributed by atoms with E-state index in [2.05, 4.69) is 42.7 Å². The number of rotatable bonds is 4. The predicted octanol–water partition coefficient (Wildman–Crippen LogP) is 3.28. The first-order valence-electron chi connectivity index (χ1n) is 6.72. The molecule has 20 heavy (non-hydrogen) atoms. The minimum Gasteiger partial charge on any atom is -0.388 e. The number of benzene rings is 2. The molecule has 2 N–H and O–H groups in total. The molecule has 0 unspecified atom stereocenters. The third-order valence-electron chi connectivity index (χ3n) is 3.36. The van der Waals surface area contributed by atoms with Crippen LogP contribution in [-0.2, 0) is 6.54 Å².